The Morgan fingerprint density at radius 3 is 2.44 bits per heavy atom. The standard InChI is InChI=1S/C17H25NO6S/c1-23-15-6-4-13(5-7-15)11-18(25(3,21)22)14-8-9-17(10-14,12-19)16(20)24-2/h4-7,14,19H,8-12H2,1-3H3/t14?,17-/m0/s1. The highest BCUT2D eigenvalue weighted by Crippen LogP contribution is 2.42. The predicted octanol–water partition coefficient (Wildman–Crippen LogP) is 1.16. The van der Waals surface area contributed by atoms with E-state index >= 15 is 0 Å². The van der Waals surface area contributed by atoms with Gasteiger partial charge in [-0.15, -0.1) is 0 Å². The number of nitrogens with zero attached hydrogens (tertiary/aromatic N) is 1. The Balaban J connectivity index is 2.22. The first-order valence-corrected chi connectivity index (χ1v) is 9.89. The summed E-state index contributed by atoms with van der Waals surface area (Å²) >= 11 is 0. The molecule has 1 saturated carbocycles. The molecule has 2 atom stereocenters. The van der Waals surface area contributed by atoms with Crippen molar-refractivity contribution in [3.63, 3.8) is 0 Å². The second-order valence-electron chi connectivity index (χ2n) is 6.48. The highest BCUT2D eigenvalue weighted by Gasteiger charge is 2.48. The van der Waals surface area contributed by atoms with Crippen molar-refractivity contribution in [3.8, 4) is 5.75 Å². The number of hydrogen-bond acceptors (Lipinski definition) is 6. The molecular formula is C17H25NO6S. The van der Waals surface area contributed by atoms with Crippen molar-refractivity contribution in [1.29, 1.82) is 0 Å². The lowest BCUT2D eigenvalue weighted by atomic mass is 9.87. The molecule has 2 rings (SSSR count). The van der Waals surface area contributed by atoms with Crippen LogP contribution in [0.3, 0.4) is 0 Å². The number of aliphatic hydroxyl groups excluding tert-OH is 1. The smallest absolute Gasteiger partial charge is 0.314 e. The quantitative estimate of drug-likeness (QED) is 0.723. The van der Waals surface area contributed by atoms with Crippen molar-refractivity contribution in [2.45, 2.75) is 31.8 Å². The highest BCUT2D eigenvalue weighted by atomic mass is 32.2. The Labute approximate surface area is 148 Å². The van der Waals surface area contributed by atoms with Crippen molar-refractivity contribution in [1.82, 2.24) is 4.31 Å². The molecule has 1 aromatic rings. The number of carbonyl (C=O) groups is 1. The zero-order valence-corrected chi connectivity index (χ0v) is 15.6. The van der Waals surface area contributed by atoms with Crippen molar-refractivity contribution in [2.75, 3.05) is 27.1 Å². The van der Waals surface area contributed by atoms with Gasteiger partial charge in [0.05, 0.1) is 32.5 Å². The van der Waals surface area contributed by atoms with E-state index < -0.39 is 21.4 Å². The molecule has 1 aliphatic carbocycles. The van der Waals surface area contributed by atoms with Crippen LogP contribution >= 0.6 is 0 Å². The van der Waals surface area contributed by atoms with Crippen LogP contribution in [0.25, 0.3) is 0 Å². The zero-order chi connectivity index (χ0) is 18.7. The molecule has 1 aliphatic rings. The molecule has 0 heterocycles. The van der Waals surface area contributed by atoms with Crippen molar-refractivity contribution in [2.24, 2.45) is 5.41 Å². The van der Waals surface area contributed by atoms with Crippen LogP contribution in [0.2, 0.25) is 0 Å². The fourth-order valence-electron chi connectivity index (χ4n) is 3.38. The third-order valence-corrected chi connectivity index (χ3v) is 6.11. The second-order valence-corrected chi connectivity index (χ2v) is 8.42. The molecule has 140 valence electrons. The van der Waals surface area contributed by atoms with Gasteiger partial charge in [-0.2, -0.15) is 4.31 Å². The maximum atomic E-state index is 12.3. The average Bonchev–Trinajstić information content (AvgIpc) is 3.03. The highest BCUT2D eigenvalue weighted by molar-refractivity contribution is 7.88. The molecule has 1 N–H and O–H groups in total. The second kappa shape index (κ2) is 7.72. The molecule has 0 saturated heterocycles. The fraction of sp³-hybridized carbons (Fsp3) is 0.588. The summed E-state index contributed by atoms with van der Waals surface area (Å²) in [7, 11) is -0.641. The number of benzene rings is 1. The summed E-state index contributed by atoms with van der Waals surface area (Å²) in [5.41, 5.74) is -0.201. The van der Waals surface area contributed by atoms with Gasteiger partial charge in [-0.05, 0) is 37.0 Å². The lowest BCUT2D eigenvalue weighted by Crippen LogP contribution is -2.40. The van der Waals surface area contributed by atoms with Gasteiger partial charge >= 0.3 is 5.97 Å². The van der Waals surface area contributed by atoms with Crippen LogP contribution in [0.5, 0.6) is 5.75 Å². The first-order chi connectivity index (χ1) is 11.8. The van der Waals surface area contributed by atoms with Crippen molar-refractivity contribution >= 4 is 16.0 Å². The Morgan fingerprint density at radius 2 is 1.96 bits per heavy atom. The molecule has 0 spiro atoms. The lowest BCUT2D eigenvalue weighted by molar-refractivity contribution is -0.155. The fourth-order valence-corrected chi connectivity index (χ4v) is 4.49. The maximum Gasteiger partial charge on any atom is 0.314 e. The molecule has 7 nitrogen and oxygen atoms in total. The summed E-state index contributed by atoms with van der Waals surface area (Å²) < 4.78 is 35.9. The molecule has 0 aromatic heterocycles. The minimum atomic E-state index is -3.48. The van der Waals surface area contributed by atoms with E-state index in [1.54, 1.807) is 19.2 Å². The summed E-state index contributed by atoms with van der Waals surface area (Å²) in [4.78, 5) is 12.0. The molecule has 0 aliphatic heterocycles. The number of sulfonamides is 1. The number of methoxy groups -OCH3 is 2. The molecule has 1 aromatic carbocycles. The maximum absolute atomic E-state index is 12.3. The van der Waals surface area contributed by atoms with Gasteiger partial charge in [0.15, 0.2) is 0 Å². The van der Waals surface area contributed by atoms with Gasteiger partial charge in [-0.3, -0.25) is 4.79 Å². The van der Waals surface area contributed by atoms with E-state index in [0.29, 0.717) is 18.6 Å². The van der Waals surface area contributed by atoms with E-state index in [9.17, 15) is 18.3 Å². The molecular weight excluding hydrogens is 346 g/mol. The third-order valence-electron chi connectivity index (χ3n) is 4.83. The Kier molecular flexibility index (Phi) is 6.08. The van der Waals surface area contributed by atoms with Crippen molar-refractivity contribution < 1.29 is 27.8 Å². The third kappa shape index (κ3) is 4.31. The zero-order valence-electron chi connectivity index (χ0n) is 14.8. The first-order valence-electron chi connectivity index (χ1n) is 8.05. The summed E-state index contributed by atoms with van der Waals surface area (Å²) in [6.07, 6.45) is 2.31. The van der Waals surface area contributed by atoms with Gasteiger partial charge in [-0.1, -0.05) is 12.1 Å². The number of ether oxygens (including phenoxy) is 2. The summed E-state index contributed by atoms with van der Waals surface area (Å²) in [5, 5.41) is 9.69. The van der Waals surface area contributed by atoms with Gasteiger partial charge in [0.25, 0.3) is 0 Å². The summed E-state index contributed by atoms with van der Waals surface area (Å²) in [5.74, 6) is 0.205. The van der Waals surface area contributed by atoms with Crippen LogP contribution in [0.15, 0.2) is 24.3 Å². The summed E-state index contributed by atoms with van der Waals surface area (Å²) in [6.45, 7) is -0.146. The Hall–Kier alpha value is -1.64. The van der Waals surface area contributed by atoms with Gasteiger partial charge < -0.3 is 14.6 Å². The largest absolute Gasteiger partial charge is 0.497 e. The number of carbonyl (C=O) groups excluding carboxylic acids is 1. The average molecular weight is 371 g/mol. The summed E-state index contributed by atoms with van der Waals surface area (Å²) in [6, 6.07) is 6.81. The minimum absolute atomic E-state index is 0.205. The van der Waals surface area contributed by atoms with Crippen molar-refractivity contribution in [3.05, 3.63) is 29.8 Å². The monoisotopic (exact) mass is 371 g/mol. The molecule has 0 bridgehead atoms. The first kappa shape index (κ1) is 19.7. The van der Waals surface area contributed by atoms with E-state index in [1.807, 2.05) is 12.1 Å². The minimum Gasteiger partial charge on any atom is -0.497 e. The van der Waals surface area contributed by atoms with Gasteiger partial charge in [0.2, 0.25) is 10.0 Å². The SMILES string of the molecule is COC(=O)[C@@]1(CO)CCC(N(Cc2ccc(OC)cc2)S(C)(=O)=O)C1. The molecule has 25 heavy (non-hydrogen) atoms. The molecule has 0 amide bonds. The van der Waals surface area contributed by atoms with E-state index in [-0.39, 0.29) is 25.6 Å². The Bertz CT molecular complexity index is 702. The van der Waals surface area contributed by atoms with E-state index in [2.05, 4.69) is 0 Å². The number of aliphatic hydroxyl groups is 1. The predicted molar refractivity (Wildman–Crippen MR) is 92.6 cm³/mol. The molecule has 8 heteroatoms. The van der Waals surface area contributed by atoms with E-state index in [0.717, 1.165) is 11.8 Å². The van der Waals surface area contributed by atoms with Gasteiger partial charge in [0, 0.05) is 12.6 Å². The van der Waals surface area contributed by atoms with Crippen LogP contribution in [-0.2, 0) is 26.1 Å². The van der Waals surface area contributed by atoms with E-state index in [4.69, 9.17) is 9.47 Å². The van der Waals surface area contributed by atoms with Gasteiger partial charge in [-0.25, -0.2) is 8.42 Å². The number of esters is 1. The van der Waals surface area contributed by atoms with Crippen LogP contribution in [0.4, 0.5) is 0 Å². The lowest BCUT2D eigenvalue weighted by Gasteiger charge is -2.29. The number of hydrogen-bond donors (Lipinski definition) is 1. The Morgan fingerprint density at radius 1 is 1.32 bits per heavy atom. The topological polar surface area (TPSA) is 93.1 Å². The van der Waals surface area contributed by atoms with Crippen LogP contribution in [0.1, 0.15) is 24.8 Å². The van der Waals surface area contributed by atoms with Crippen LogP contribution < -0.4 is 4.74 Å². The number of rotatable bonds is 7. The van der Waals surface area contributed by atoms with Crippen LogP contribution in [0, 0.1) is 5.41 Å². The molecule has 0 radical (unpaired) electrons. The van der Waals surface area contributed by atoms with Crippen LogP contribution in [-0.4, -0.2) is 56.9 Å². The molecule has 1 unspecified atom stereocenters. The molecule has 1 fully saturated rings. The normalized spacial score (nSPS) is 23.6. The van der Waals surface area contributed by atoms with Gasteiger partial charge in [0.1, 0.15) is 5.75 Å². The van der Waals surface area contributed by atoms with E-state index in [1.165, 1.54) is 11.4 Å².